The number of nitrogens with one attached hydrogen (secondary N) is 1. The fourth-order valence-corrected chi connectivity index (χ4v) is 4.17. The third-order valence-corrected chi connectivity index (χ3v) is 6.04. The zero-order valence-electron chi connectivity index (χ0n) is 18.6. The van der Waals surface area contributed by atoms with Crippen molar-refractivity contribution < 1.29 is 18.8 Å². The quantitative estimate of drug-likeness (QED) is 0.207. The van der Waals surface area contributed by atoms with Crippen LogP contribution in [-0.4, -0.2) is 32.7 Å². The highest BCUT2D eigenvalue weighted by Crippen LogP contribution is 2.26. The molecule has 0 unspecified atom stereocenters. The molecular formula is C24H20FN5O4S. The van der Waals surface area contributed by atoms with Gasteiger partial charge in [-0.25, -0.2) is 4.39 Å². The molecule has 4 rings (SSSR count). The summed E-state index contributed by atoms with van der Waals surface area (Å²) in [6.45, 7) is 0.0666. The molecule has 0 saturated carbocycles. The first kappa shape index (κ1) is 23.9. The van der Waals surface area contributed by atoms with Gasteiger partial charge >= 0.3 is 0 Å². The van der Waals surface area contributed by atoms with Gasteiger partial charge in [-0.3, -0.25) is 19.5 Å². The lowest BCUT2D eigenvalue weighted by Gasteiger charge is -2.11. The van der Waals surface area contributed by atoms with Gasteiger partial charge in [0.25, 0.3) is 11.6 Å². The number of hydrogen-bond donors (Lipinski definition) is 1. The Hall–Kier alpha value is -4.25. The number of benzene rings is 3. The number of thioether (sulfide) groups is 1. The van der Waals surface area contributed by atoms with E-state index < -0.39 is 4.92 Å². The Balaban J connectivity index is 1.58. The number of halogens is 1. The summed E-state index contributed by atoms with van der Waals surface area (Å²) >= 11 is 1.37. The smallest absolute Gasteiger partial charge is 0.269 e. The third-order valence-electron chi connectivity index (χ3n) is 5.04. The number of non-ortho nitro benzene ring substituents is 1. The molecule has 1 amide bonds. The summed E-state index contributed by atoms with van der Waals surface area (Å²) in [5.74, 6) is 0.870. The number of hydrogen-bond acceptors (Lipinski definition) is 7. The first-order valence-corrected chi connectivity index (χ1v) is 11.4. The monoisotopic (exact) mass is 493 g/mol. The summed E-state index contributed by atoms with van der Waals surface area (Å²) in [6.07, 6.45) is 0. The van der Waals surface area contributed by atoms with Crippen LogP contribution in [0.15, 0.2) is 78.0 Å². The van der Waals surface area contributed by atoms with Crippen LogP contribution in [0, 0.1) is 15.9 Å². The molecule has 0 aliphatic rings. The van der Waals surface area contributed by atoms with E-state index in [1.807, 2.05) is 0 Å². The molecule has 0 radical (unpaired) electrons. The zero-order valence-corrected chi connectivity index (χ0v) is 19.4. The number of nitro benzene ring substituents is 1. The maximum absolute atomic E-state index is 13.2. The third kappa shape index (κ3) is 5.82. The van der Waals surface area contributed by atoms with E-state index in [2.05, 4.69) is 15.5 Å². The number of rotatable bonds is 9. The summed E-state index contributed by atoms with van der Waals surface area (Å²) in [4.78, 5) is 23.2. The summed E-state index contributed by atoms with van der Waals surface area (Å²) in [5.41, 5.74) is 1.88. The van der Waals surface area contributed by atoms with Crippen molar-refractivity contribution in [3.8, 4) is 11.4 Å². The van der Waals surface area contributed by atoms with E-state index in [1.54, 1.807) is 53.1 Å². The Morgan fingerprint density at radius 2 is 1.86 bits per heavy atom. The van der Waals surface area contributed by atoms with Crippen LogP contribution in [0.1, 0.15) is 21.7 Å². The molecule has 0 spiro atoms. The number of methoxy groups -OCH3 is 1. The molecule has 0 saturated heterocycles. The predicted molar refractivity (Wildman–Crippen MR) is 128 cm³/mol. The lowest BCUT2D eigenvalue weighted by atomic mass is 10.2. The van der Waals surface area contributed by atoms with Gasteiger partial charge in [0.2, 0.25) is 0 Å². The van der Waals surface area contributed by atoms with E-state index in [1.165, 1.54) is 43.1 Å². The SMILES string of the molecule is COc1cccc(C(=O)NCc2nnc(SCc3ccc(F)cc3)n2-c2ccc([N+](=O)[O-])cc2)c1. The topological polar surface area (TPSA) is 112 Å². The van der Waals surface area contributed by atoms with Crippen molar-refractivity contribution in [1.82, 2.24) is 20.1 Å². The van der Waals surface area contributed by atoms with Crippen LogP contribution >= 0.6 is 11.8 Å². The Morgan fingerprint density at radius 3 is 2.54 bits per heavy atom. The van der Waals surface area contributed by atoms with Crippen LogP contribution in [-0.2, 0) is 12.3 Å². The van der Waals surface area contributed by atoms with Gasteiger partial charge in [0.1, 0.15) is 11.6 Å². The van der Waals surface area contributed by atoms with Gasteiger partial charge in [-0.15, -0.1) is 10.2 Å². The van der Waals surface area contributed by atoms with Gasteiger partial charge in [0, 0.05) is 29.1 Å². The van der Waals surface area contributed by atoms with Crippen molar-refractivity contribution in [3.05, 3.63) is 106 Å². The molecule has 4 aromatic rings. The van der Waals surface area contributed by atoms with Gasteiger partial charge in [-0.1, -0.05) is 30.0 Å². The maximum atomic E-state index is 13.2. The summed E-state index contributed by atoms with van der Waals surface area (Å²) in [7, 11) is 1.52. The molecule has 9 nitrogen and oxygen atoms in total. The lowest BCUT2D eigenvalue weighted by Crippen LogP contribution is -2.24. The Kier molecular flexibility index (Phi) is 7.36. The number of nitrogens with zero attached hydrogens (tertiary/aromatic N) is 4. The molecule has 0 aliphatic heterocycles. The van der Waals surface area contributed by atoms with Gasteiger partial charge in [0.15, 0.2) is 11.0 Å². The number of carbonyl (C=O) groups excluding carboxylic acids is 1. The van der Waals surface area contributed by atoms with Crippen molar-refractivity contribution in [2.75, 3.05) is 7.11 Å². The normalized spacial score (nSPS) is 10.7. The molecule has 1 aromatic heterocycles. The average molecular weight is 494 g/mol. The molecule has 3 aromatic carbocycles. The fraction of sp³-hybridized carbons (Fsp3) is 0.125. The van der Waals surface area contributed by atoms with Gasteiger partial charge < -0.3 is 10.1 Å². The van der Waals surface area contributed by atoms with Gasteiger partial charge in [-0.05, 0) is 48.0 Å². The van der Waals surface area contributed by atoms with Crippen LogP contribution < -0.4 is 10.1 Å². The second-order valence-electron chi connectivity index (χ2n) is 7.34. The average Bonchev–Trinajstić information content (AvgIpc) is 3.29. The molecule has 1 heterocycles. The van der Waals surface area contributed by atoms with E-state index in [0.29, 0.717) is 33.7 Å². The zero-order chi connectivity index (χ0) is 24.8. The molecule has 0 bridgehead atoms. The summed E-state index contributed by atoms with van der Waals surface area (Å²) in [5, 5.41) is 22.9. The van der Waals surface area contributed by atoms with Gasteiger partial charge in [-0.2, -0.15) is 0 Å². The van der Waals surface area contributed by atoms with Crippen LogP contribution in [0.5, 0.6) is 5.75 Å². The Labute approximate surface area is 204 Å². The van der Waals surface area contributed by atoms with Crippen LogP contribution in [0.25, 0.3) is 5.69 Å². The minimum atomic E-state index is -0.477. The van der Waals surface area contributed by atoms with Crippen LogP contribution in [0.3, 0.4) is 0 Å². The van der Waals surface area contributed by atoms with Crippen molar-refractivity contribution in [1.29, 1.82) is 0 Å². The van der Waals surface area contributed by atoms with Crippen LogP contribution in [0.4, 0.5) is 10.1 Å². The number of nitro groups is 1. The van der Waals surface area contributed by atoms with Crippen molar-refractivity contribution >= 4 is 23.4 Å². The van der Waals surface area contributed by atoms with Crippen molar-refractivity contribution in [2.45, 2.75) is 17.5 Å². The maximum Gasteiger partial charge on any atom is 0.269 e. The summed E-state index contributed by atoms with van der Waals surface area (Å²) in [6, 6.07) is 18.9. The van der Waals surface area contributed by atoms with E-state index in [0.717, 1.165) is 5.56 Å². The number of carbonyl (C=O) groups is 1. The minimum Gasteiger partial charge on any atom is -0.497 e. The van der Waals surface area contributed by atoms with E-state index >= 15 is 0 Å². The predicted octanol–water partition coefficient (Wildman–Crippen LogP) is 4.55. The second-order valence-corrected chi connectivity index (χ2v) is 8.28. The highest BCUT2D eigenvalue weighted by Gasteiger charge is 2.17. The second kappa shape index (κ2) is 10.8. The number of amides is 1. The highest BCUT2D eigenvalue weighted by atomic mass is 32.2. The Morgan fingerprint density at radius 1 is 1.11 bits per heavy atom. The first-order chi connectivity index (χ1) is 16.9. The first-order valence-electron chi connectivity index (χ1n) is 10.4. The van der Waals surface area contributed by atoms with Crippen molar-refractivity contribution in [3.63, 3.8) is 0 Å². The fourth-order valence-electron chi connectivity index (χ4n) is 3.25. The summed E-state index contributed by atoms with van der Waals surface area (Å²) < 4.78 is 20.1. The largest absolute Gasteiger partial charge is 0.497 e. The molecule has 1 N–H and O–H groups in total. The lowest BCUT2D eigenvalue weighted by molar-refractivity contribution is -0.384. The van der Waals surface area contributed by atoms with E-state index in [4.69, 9.17) is 4.74 Å². The standard InChI is InChI=1S/C24H20FN5O4S/c1-34-21-4-2-3-17(13-21)23(31)26-14-22-27-28-24(35-15-16-5-7-18(25)8-6-16)29(22)19-9-11-20(12-10-19)30(32)33/h2-13H,14-15H2,1H3,(H,26,31). The van der Waals surface area contributed by atoms with E-state index in [-0.39, 0.29) is 24.0 Å². The minimum absolute atomic E-state index is 0.0461. The Bertz CT molecular complexity index is 1340. The molecule has 11 heteroatoms. The van der Waals surface area contributed by atoms with Gasteiger partial charge in [0.05, 0.1) is 18.6 Å². The van der Waals surface area contributed by atoms with Crippen LogP contribution in [0.2, 0.25) is 0 Å². The molecular weight excluding hydrogens is 473 g/mol. The molecule has 0 atom stereocenters. The van der Waals surface area contributed by atoms with E-state index in [9.17, 15) is 19.3 Å². The number of aromatic nitrogens is 3. The highest BCUT2D eigenvalue weighted by molar-refractivity contribution is 7.98. The molecule has 178 valence electrons. The van der Waals surface area contributed by atoms with Crippen molar-refractivity contribution in [2.24, 2.45) is 0 Å². The molecule has 35 heavy (non-hydrogen) atoms. The molecule has 0 fully saturated rings. The molecule has 0 aliphatic carbocycles. The number of ether oxygens (including phenoxy) is 1.